The summed E-state index contributed by atoms with van der Waals surface area (Å²) in [5.74, 6) is 1.51. The first-order valence-electron chi connectivity index (χ1n) is 9.42. The van der Waals surface area contributed by atoms with Crippen LogP contribution in [0.3, 0.4) is 0 Å². The van der Waals surface area contributed by atoms with Crippen LogP contribution in [0.4, 0.5) is 5.69 Å². The summed E-state index contributed by atoms with van der Waals surface area (Å²) in [6.45, 7) is 1.97. The molecule has 0 bridgehead atoms. The van der Waals surface area contributed by atoms with E-state index in [1.54, 1.807) is 31.8 Å². The molecule has 0 fully saturated rings. The lowest BCUT2D eigenvalue weighted by Crippen LogP contribution is -2.16. The standard InChI is InChI=1S/C21H23N5O4S/c1-5-30-20(27)19(24-22-15-7-6-8-17(13-15)29-4)31-21-25-23-18(26(21)2)14-9-11-16(28-3)12-10-14/h6-13,22H,5H2,1-4H3/b24-19-. The van der Waals surface area contributed by atoms with Crippen LogP contribution in [-0.4, -0.2) is 46.6 Å². The van der Waals surface area contributed by atoms with E-state index in [1.165, 1.54) is 0 Å². The number of ether oxygens (including phenoxy) is 3. The first-order chi connectivity index (χ1) is 15.0. The molecule has 9 nitrogen and oxygen atoms in total. The van der Waals surface area contributed by atoms with Crippen molar-refractivity contribution in [1.29, 1.82) is 0 Å². The van der Waals surface area contributed by atoms with Crippen molar-refractivity contribution in [2.45, 2.75) is 12.1 Å². The number of nitrogens with one attached hydrogen (secondary N) is 1. The van der Waals surface area contributed by atoms with Crippen LogP contribution in [0.1, 0.15) is 6.92 Å². The Labute approximate surface area is 184 Å². The number of carbonyl (C=O) groups excluding carboxylic acids is 1. The molecule has 3 rings (SSSR count). The topological polar surface area (TPSA) is 99.9 Å². The lowest BCUT2D eigenvalue weighted by molar-refractivity contribution is -0.134. The van der Waals surface area contributed by atoms with Gasteiger partial charge in [-0.05, 0) is 55.1 Å². The Bertz CT molecular complexity index is 1070. The first kappa shape index (κ1) is 22.2. The Kier molecular flexibility index (Phi) is 7.50. The van der Waals surface area contributed by atoms with Gasteiger partial charge in [0.2, 0.25) is 5.04 Å². The molecule has 0 unspecified atom stereocenters. The second kappa shape index (κ2) is 10.5. The summed E-state index contributed by atoms with van der Waals surface area (Å²) in [6.07, 6.45) is 0. The fourth-order valence-electron chi connectivity index (χ4n) is 2.59. The van der Waals surface area contributed by atoms with Crippen LogP contribution >= 0.6 is 11.8 Å². The predicted molar refractivity (Wildman–Crippen MR) is 120 cm³/mol. The van der Waals surface area contributed by atoms with Crippen LogP contribution in [0, 0.1) is 0 Å². The Balaban J connectivity index is 1.84. The summed E-state index contributed by atoms with van der Waals surface area (Å²) in [5.41, 5.74) is 4.40. The van der Waals surface area contributed by atoms with Gasteiger partial charge >= 0.3 is 5.97 Å². The third-order valence-corrected chi connectivity index (χ3v) is 5.17. The molecule has 0 aliphatic heterocycles. The Morgan fingerprint density at radius 3 is 2.52 bits per heavy atom. The first-order valence-corrected chi connectivity index (χ1v) is 10.2. The fourth-order valence-corrected chi connectivity index (χ4v) is 3.30. The van der Waals surface area contributed by atoms with Crippen LogP contribution in [0.2, 0.25) is 0 Å². The molecular formula is C21H23N5O4S. The van der Waals surface area contributed by atoms with E-state index >= 15 is 0 Å². The van der Waals surface area contributed by atoms with Gasteiger partial charge in [0.05, 0.1) is 26.5 Å². The van der Waals surface area contributed by atoms with Crippen molar-refractivity contribution in [1.82, 2.24) is 14.8 Å². The summed E-state index contributed by atoms with van der Waals surface area (Å²) in [7, 11) is 5.01. The maximum atomic E-state index is 12.4. The Morgan fingerprint density at radius 1 is 1.10 bits per heavy atom. The molecule has 10 heteroatoms. The van der Waals surface area contributed by atoms with Crippen LogP contribution in [0.5, 0.6) is 11.5 Å². The number of anilines is 1. The number of rotatable bonds is 7. The molecule has 1 aromatic heterocycles. The van der Waals surface area contributed by atoms with Gasteiger partial charge in [-0.3, -0.25) is 5.43 Å². The maximum absolute atomic E-state index is 12.4. The number of thioether (sulfide) groups is 1. The molecule has 1 heterocycles. The van der Waals surface area contributed by atoms with Gasteiger partial charge < -0.3 is 18.8 Å². The van der Waals surface area contributed by atoms with Gasteiger partial charge in [0, 0.05) is 18.7 Å². The molecule has 2 aromatic carbocycles. The molecule has 0 saturated carbocycles. The SMILES string of the molecule is CCOC(=O)/C(=N/Nc1cccc(OC)c1)Sc1nnc(-c2ccc(OC)cc2)n1C. The Hall–Kier alpha value is -3.53. The van der Waals surface area contributed by atoms with E-state index < -0.39 is 5.97 Å². The van der Waals surface area contributed by atoms with E-state index in [-0.39, 0.29) is 11.7 Å². The minimum Gasteiger partial charge on any atom is -0.497 e. The number of methoxy groups -OCH3 is 2. The van der Waals surface area contributed by atoms with Gasteiger partial charge in [0.1, 0.15) is 11.5 Å². The molecule has 0 amide bonds. The van der Waals surface area contributed by atoms with E-state index in [2.05, 4.69) is 20.7 Å². The lowest BCUT2D eigenvalue weighted by atomic mass is 10.2. The van der Waals surface area contributed by atoms with Crippen LogP contribution in [0.25, 0.3) is 11.4 Å². The molecule has 1 N–H and O–H groups in total. The van der Waals surface area contributed by atoms with Gasteiger partial charge in [0.25, 0.3) is 0 Å². The molecule has 0 radical (unpaired) electrons. The van der Waals surface area contributed by atoms with Gasteiger partial charge in [-0.2, -0.15) is 5.10 Å². The van der Waals surface area contributed by atoms with Crippen molar-refractivity contribution in [2.24, 2.45) is 12.1 Å². The number of aromatic nitrogens is 3. The van der Waals surface area contributed by atoms with E-state index in [4.69, 9.17) is 14.2 Å². The minimum atomic E-state index is -0.558. The monoisotopic (exact) mass is 441 g/mol. The molecular weight excluding hydrogens is 418 g/mol. The number of esters is 1. The molecule has 0 spiro atoms. The number of hydrogen-bond donors (Lipinski definition) is 1. The van der Waals surface area contributed by atoms with Crippen molar-refractivity contribution in [3.05, 3.63) is 48.5 Å². The highest BCUT2D eigenvalue weighted by atomic mass is 32.2. The van der Waals surface area contributed by atoms with Crippen LogP contribution in [0.15, 0.2) is 58.8 Å². The van der Waals surface area contributed by atoms with E-state index in [1.807, 2.05) is 49.5 Å². The van der Waals surface area contributed by atoms with Gasteiger partial charge in [0.15, 0.2) is 11.0 Å². The number of nitrogens with zero attached hydrogens (tertiary/aromatic N) is 4. The third kappa shape index (κ3) is 5.54. The third-order valence-electron chi connectivity index (χ3n) is 4.18. The molecule has 162 valence electrons. The largest absolute Gasteiger partial charge is 0.497 e. The fraction of sp³-hybridized carbons (Fsp3) is 0.238. The summed E-state index contributed by atoms with van der Waals surface area (Å²) in [4.78, 5) is 12.4. The number of hydrogen-bond acceptors (Lipinski definition) is 9. The van der Waals surface area contributed by atoms with Crippen molar-refractivity contribution in [3.8, 4) is 22.9 Å². The quantitative estimate of drug-likeness (QED) is 0.195. The highest BCUT2D eigenvalue weighted by molar-refractivity contribution is 8.15. The summed E-state index contributed by atoms with van der Waals surface area (Å²) < 4.78 is 17.3. The van der Waals surface area contributed by atoms with Crippen molar-refractivity contribution >= 4 is 28.5 Å². The van der Waals surface area contributed by atoms with Crippen molar-refractivity contribution in [2.75, 3.05) is 26.3 Å². The van der Waals surface area contributed by atoms with Gasteiger partial charge in [-0.1, -0.05) is 6.07 Å². The van der Waals surface area contributed by atoms with Gasteiger partial charge in [-0.25, -0.2) is 4.79 Å². The maximum Gasteiger partial charge on any atom is 0.365 e. The average Bonchev–Trinajstić information content (AvgIpc) is 3.16. The number of carbonyl (C=O) groups is 1. The minimum absolute atomic E-state index is 0.0986. The predicted octanol–water partition coefficient (Wildman–Crippen LogP) is 3.58. The Morgan fingerprint density at radius 2 is 1.84 bits per heavy atom. The van der Waals surface area contributed by atoms with E-state index in [9.17, 15) is 4.79 Å². The summed E-state index contributed by atoms with van der Waals surface area (Å²) >= 11 is 1.06. The molecule has 0 aliphatic rings. The van der Waals surface area contributed by atoms with Crippen LogP contribution in [-0.2, 0) is 16.6 Å². The average molecular weight is 442 g/mol. The normalized spacial score (nSPS) is 11.2. The van der Waals surface area contributed by atoms with E-state index in [0.717, 1.165) is 23.1 Å². The van der Waals surface area contributed by atoms with E-state index in [0.29, 0.717) is 22.4 Å². The zero-order valence-corrected chi connectivity index (χ0v) is 18.5. The highest BCUT2D eigenvalue weighted by Crippen LogP contribution is 2.26. The smallest absolute Gasteiger partial charge is 0.365 e. The molecule has 0 saturated heterocycles. The number of hydrazone groups is 1. The lowest BCUT2D eigenvalue weighted by Gasteiger charge is -2.08. The highest BCUT2D eigenvalue weighted by Gasteiger charge is 2.20. The summed E-state index contributed by atoms with van der Waals surface area (Å²) in [5, 5.41) is 13.3. The summed E-state index contributed by atoms with van der Waals surface area (Å²) in [6, 6.07) is 14.7. The molecule has 0 atom stereocenters. The second-order valence-electron chi connectivity index (χ2n) is 6.18. The van der Waals surface area contributed by atoms with Crippen LogP contribution < -0.4 is 14.9 Å². The number of benzene rings is 2. The molecule has 31 heavy (non-hydrogen) atoms. The second-order valence-corrected chi connectivity index (χ2v) is 7.13. The zero-order valence-electron chi connectivity index (χ0n) is 17.7. The van der Waals surface area contributed by atoms with Crippen molar-refractivity contribution in [3.63, 3.8) is 0 Å². The van der Waals surface area contributed by atoms with Crippen molar-refractivity contribution < 1.29 is 19.0 Å². The van der Waals surface area contributed by atoms with Gasteiger partial charge in [-0.15, -0.1) is 10.2 Å². The zero-order chi connectivity index (χ0) is 22.2. The molecule has 3 aromatic rings. The molecule has 0 aliphatic carbocycles.